The average Bonchev–Trinajstić information content (AvgIpc) is 2.76. The van der Waals surface area contributed by atoms with Crippen LogP contribution >= 0.6 is 0 Å². The third kappa shape index (κ3) is 5.45. The van der Waals surface area contributed by atoms with Gasteiger partial charge in [0.2, 0.25) is 5.95 Å². The molecule has 1 aliphatic carbocycles. The largest absolute Gasteiger partial charge is 0.488 e. The van der Waals surface area contributed by atoms with Crippen LogP contribution in [0.2, 0.25) is 0 Å². The summed E-state index contributed by atoms with van der Waals surface area (Å²) in [4.78, 5) is 7.95. The number of ether oxygens (including phenoxy) is 1. The molecule has 0 bridgehead atoms. The van der Waals surface area contributed by atoms with Gasteiger partial charge in [0.05, 0.1) is 11.8 Å². The summed E-state index contributed by atoms with van der Waals surface area (Å²) in [6.07, 6.45) is 1.52. The van der Waals surface area contributed by atoms with E-state index in [4.69, 9.17) is 4.74 Å². The van der Waals surface area contributed by atoms with E-state index in [2.05, 4.69) is 20.6 Å². The molecule has 3 aromatic rings. The molecule has 1 heterocycles. The number of rotatable bonds is 6. The topological polar surface area (TPSA) is 59.1 Å². The zero-order chi connectivity index (χ0) is 21.7. The molecule has 1 saturated carbocycles. The lowest BCUT2D eigenvalue weighted by molar-refractivity contribution is -0.137. The molecule has 0 unspecified atom stereocenters. The summed E-state index contributed by atoms with van der Waals surface area (Å²) in [5, 5.41) is 5.76. The van der Waals surface area contributed by atoms with Gasteiger partial charge >= 0.3 is 6.18 Å². The number of benzene rings is 2. The van der Waals surface area contributed by atoms with Gasteiger partial charge in [0.15, 0.2) is 0 Å². The van der Waals surface area contributed by atoms with E-state index in [9.17, 15) is 13.2 Å². The lowest BCUT2D eigenvalue weighted by Gasteiger charge is -2.24. The zero-order valence-electron chi connectivity index (χ0n) is 16.8. The highest BCUT2D eigenvalue weighted by atomic mass is 19.4. The maximum absolute atomic E-state index is 13.6. The fourth-order valence-corrected chi connectivity index (χ4v) is 3.56. The van der Waals surface area contributed by atoms with Crippen LogP contribution in [0.3, 0.4) is 0 Å². The van der Waals surface area contributed by atoms with Crippen molar-refractivity contribution >= 4 is 23.1 Å². The first-order valence-electron chi connectivity index (χ1n) is 10.3. The van der Waals surface area contributed by atoms with Crippen LogP contribution < -0.4 is 15.4 Å². The van der Waals surface area contributed by atoms with E-state index < -0.39 is 11.7 Å². The molecule has 1 aromatic heterocycles. The van der Waals surface area contributed by atoms with Gasteiger partial charge in [-0.2, -0.15) is 18.2 Å². The molecular formula is C23H23F3N4O. The molecule has 0 spiro atoms. The number of hydrogen-bond donors (Lipinski definition) is 2. The minimum Gasteiger partial charge on any atom is -0.488 e. The average molecular weight is 428 g/mol. The Labute approximate surface area is 178 Å². The van der Waals surface area contributed by atoms with Gasteiger partial charge in [-0.1, -0.05) is 36.8 Å². The fourth-order valence-electron chi connectivity index (χ4n) is 3.56. The quantitative estimate of drug-likeness (QED) is 0.458. The first kappa shape index (κ1) is 21.0. The van der Waals surface area contributed by atoms with E-state index in [1.807, 2.05) is 18.2 Å². The Kier molecular flexibility index (Phi) is 6.25. The van der Waals surface area contributed by atoms with E-state index >= 15 is 0 Å². The number of hydrogen-bond acceptors (Lipinski definition) is 5. The van der Waals surface area contributed by atoms with Gasteiger partial charge in [-0.05, 0) is 49.9 Å². The molecule has 0 aliphatic heterocycles. The lowest BCUT2D eigenvalue weighted by atomic mass is 9.98. The van der Waals surface area contributed by atoms with Gasteiger partial charge in [0.25, 0.3) is 0 Å². The van der Waals surface area contributed by atoms with E-state index in [0.717, 1.165) is 31.9 Å². The summed E-state index contributed by atoms with van der Waals surface area (Å²) in [6, 6.07) is 16.0. The zero-order valence-corrected chi connectivity index (χ0v) is 16.8. The summed E-state index contributed by atoms with van der Waals surface area (Å²) in [5.74, 6) is 0.242. The third-order valence-corrected chi connectivity index (χ3v) is 5.11. The molecule has 1 fully saturated rings. The van der Waals surface area contributed by atoms with Crippen molar-refractivity contribution < 1.29 is 17.9 Å². The monoisotopic (exact) mass is 428 g/mol. The van der Waals surface area contributed by atoms with Crippen molar-refractivity contribution in [3.8, 4) is 5.75 Å². The molecule has 0 saturated heterocycles. The van der Waals surface area contributed by atoms with Crippen LogP contribution in [0.5, 0.6) is 5.75 Å². The lowest BCUT2D eigenvalue weighted by Crippen LogP contribution is -2.20. The van der Waals surface area contributed by atoms with Crippen molar-refractivity contribution in [3.05, 3.63) is 66.4 Å². The standard InChI is InChI=1S/C23H23F3N4O/c24-23(25,26)18-15-27-22(28-16-9-3-1-4-10-16)30-21(18)29-19-13-7-8-14-20(19)31-17-11-5-2-6-12-17/h1,3-4,7-10,13-15,17H,2,5-6,11-12H2,(H2,27,28,29,30). The number of aromatic nitrogens is 2. The second kappa shape index (κ2) is 9.24. The summed E-state index contributed by atoms with van der Waals surface area (Å²) >= 11 is 0. The minimum absolute atomic E-state index is 0.0624. The third-order valence-electron chi connectivity index (χ3n) is 5.11. The van der Waals surface area contributed by atoms with Crippen molar-refractivity contribution in [1.82, 2.24) is 9.97 Å². The molecule has 5 nitrogen and oxygen atoms in total. The smallest absolute Gasteiger partial charge is 0.421 e. The van der Waals surface area contributed by atoms with Crippen LogP contribution in [0.15, 0.2) is 60.8 Å². The highest BCUT2D eigenvalue weighted by molar-refractivity contribution is 5.67. The van der Waals surface area contributed by atoms with Crippen LogP contribution in [-0.2, 0) is 6.18 Å². The summed E-state index contributed by atoms with van der Waals surface area (Å²) in [7, 11) is 0. The van der Waals surface area contributed by atoms with E-state index in [0.29, 0.717) is 17.1 Å². The molecule has 31 heavy (non-hydrogen) atoms. The predicted octanol–water partition coefficient (Wildman–Crippen LogP) is 6.69. The van der Waals surface area contributed by atoms with Crippen molar-refractivity contribution in [2.45, 2.75) is 44.4 Å². The van der Waals surface area contributed by atoms with Crippen LogP contribution in [0, 0.1) is 0 Å². The van der Waals surface area contributed by atoms with Gasteiger partial charge in [0.1, 0.15) is 17.1 Å². The second-order valence-electron chi connectivity index (χ2n) is 7.44. The van der Waals surface area contributed by atoms with Gasteiger partial charge in [-0.3, -0.25) is 0 Å². The number of halogens is 3. The van der Waals surface area contributed by atoms with Crippen molar-refractivity contribution in [3.63, 3.8) is 0 Å². The second-order valence-corrected chi connectivity index (χ2v) is 7.44. The van der Waals surface area contributed by atoms with Crippen LogP contribution in [0.25, 0.3) is 0 Å². The first-order valence-corrected chi connectivity index (χ1v) is 10.3. The van der Waals surface area contributed by atoms with E-state index in [1.54, 1.807) is 36.4 Å². The van der Waals surface area contributed by atoms with Crippen molar-refractivity contribution in [2.75, 3.05) is 10.6 Å². The minimum atomic E-state index is -4.60. The normalized spacial score (nSPS) is 14.8. The van der Waals surface area contributed by atoms with Gasteiger partial charge < -0.3 is 15.4 Å². The Morgan fingerprint density at radius 2 is 1.58 bits per heavy atom. The maximum Gasteiger partial charge on any atom is 0.421 e. The Bertz CT molecular complexity index is 1010. The molecule has 2 N–H and O–H groups in total. The number of nitrogens with zero attached hydrogens (tertiary/aromatic N) is 2. The molecule has 0 radical (unpaired) electrons. The molecule has 0 amide bonds. The highest BCUT2D eigenvalue weighted by Gasteiger charge is 2.35. The number of alkyl halides is 3. The van der Waals surface area contributed by atoms with Gasteiger partial charge in [-0.25, -0.2) is 4.98 Å². The highest BCUT2D eigenvalue weighted by Crippen LogP contribution is 2.37. The predicted molar refractivity (Wildman–Crippen MR) is 114 cm³/mol. The SMILES string of the molecule is FC(F)(F)c1cnc(Nc2ccccc2)nc1Nc1ccccc1OC1CCCCC1. The van der Waals surface area contributed by atoms with E-state index in [-0.39, 0.29) is 17.9 Å². The Morgan fingerprint density at radius 1 is 0.871 bits per heavy atom. The molecule has 1 aliphatic rings. The molecule has 8 heteroatoms. The van der Waals surface area contributed by atoms with Crippen LogP contribution in [0.4, 0.5) is 36.3 Å². The Morgan fingerprint density at radius 3 is 2.32 bits per heavy atom. The first-order chi connectivity index (χ1) is 15.0. The fraction of sp³-hybridized carbons (Fsp3) is 0.304. The van der Waals surface area contributed by atoms with E-state index in [1.165, 1.54) is 6.42 Å². The maximum atomic E-state index is 13.6. The summed E-state index contributed by atoms with van der Waals surface area (Å²) < 4.78 is 46.9. The Hall–Kier alpha value is -3.29. The van der Waals surface area contributed by atoms with Gasteiger partial charge in [-0.15, -0.1) is 0 Å². The van der Waals surface area contributed by atoms with Crippen molar-refractivity contribution in [2.24, 2.45) is 0 Å². The van der Waals surface area contributed by atoms with Crippen LogP contribution in [0.1, 0.15) is 37.7 Å². The molecule has 2 aromatic carbocycles. The summed E-state index contributed by atoms with van der Waals surface area (Å²) in [5.41, 5.74) is 0.163. The van der Waals surface area contributed by atoms with Crippen molar-refractivity contribution in [1.29, 1.82) is 0 Å². The van der Waals surface area contributed by atoms with Gasteiger partial charge in [0, 0.05) is 11.9 Å². The molecular weight excluding hydrogens is 405 g/mol. The van der Waals surface area contributed by atoms with Crippen LogP contribution in [-0.4, -0.2) is 16.1 Å². The molecule has 0 atom stereocenters. The number of anilines is 4. The molecule has 162 valence electrons. The number of para-hydroxylation sites is 3. The Balaban J connectivity index is 1.62. The number of nitrogens with one attached hydrogen (secondary N) is 2. The summed E-state index contributed by atoms with van der Waals surface area (Å²) in [6.45, 7) is 0. The molecule has 4 rings (SSSR count).